The van der Waals surface area contributed by atoms with Crippen LogP contribution in [0.3, 0.4) is 0 Å². The summed E-state index contributed by atoms with van der Waals surface area (Å²) in [4.78, 5) is 2.04. The van der Waals surface area contributed by atoms with Crippen molar-refractivity contribution >= 4 is 0 Å². The molecule has 0 aliphatic rings. The van der Waals surface area contributed by atoms with E-state index in [1.165, 1.54) is 12.1 Å². The van der Waals surface area contributed by atoms with Gasteiger partial charge in [-0.05, 0) is 31.7 Å². The van der Waals surface area contributed by atoms with Crippen LogP contribution in [0.25, 0.3) is 0 Å². The number of halogens is 1. The summed E-state index contributed by atoms with van der Waals surface area (Å²) in [6, 6.07) is 6.80. The number of benzene rings is 1. The maximum atomic E-state index is 13.3. The molecule has 1 rings (SSSR count). The molecule has 0 saturated heterocycles. The lowest BCUT2D eigenvalue weighted by Gasteiger charge is -2.23. The van der Waals surface area contributed by atoms with E-state index in [4.69, 9.17) is 10.4 Å². The SMILES string of the molecule is CC(CC#N)N(C)Cc1ccc(F)cc1C#CCCO. The van der Waals surface area contributed by atoms with Gasteiger partial charge in [0, 0.05) is 24.6 Å². The van der Waals surface area contributed by atoms with Crippen molar-refractivity contribution in [2.24, 2.45) is 0 Å². The standard InChI is InChI=1S/C16H19FN2O/c1-13(8-9-18)19(2)12-15-6-7-16(17)11-14(15)5-3-4-10-20/h6-7,11,13,20H,4,8,10,12H2,1-2H3. The Kier molecular flexibility index (Phi) is 6.73. The first-order valence-corrected chi connectivity index (χ1v) is 6.53. The molecule has 4 heteroatoms. The third kappa shape index (κ3) is 5.01. The Labute approximate surface area is 119 Å². The predicted molar refractivity (Wildman–Crippen MR) is 76.1 cm³/mol. The van der Waals surface area contributed by atoms with Crippen LogP contribution in [0.5, 0.6) is 0 Å². The Morgan fingerprint density at radius 2 is 2.20 bits per heavy atom. The Hall–Kier alpha value is -1.88. The van der Waals surface area contributed by atoms with Gasteiger partial charge in [-0.3, -0.25) is 4.90 Å². The van der Waals surface area contributed by atoms with E-state index in [-0.39, 0.29) is 18.5 Å². The lowest BCUT2D eigenvalue weighted by atomic mass is 10.1. The fraction of sp³-hybridized carbons (Fsp3) is 0.438. The first-order valence-electron chi connectivity index (χ1n) is 6.53. The number of aliphatic hydroxyl groups is 1. The van der Waals surface area contributed by atoms with Gasteiger partial charge in [-0.2, -0.15) is 5.26 Å². The smallest absolute Gasteiger partial charge is 0.124 e. The third-order valence-corrected chi connectivity index (χ3v) is 3.09. The molecule has 0 spiro atoms. The fourth-order valence-electron chi connectivity index (χ4n) is 1.73. The normalized spacial score (nSPS) is 11.6. The minimum atomic E-state index is -0.324. The number of aliphatic hydroxyl groups excluding tert-OH is 1. The molecule has 1 N–H and O–H groups in total. The molecule has 0 fully saturated rings. The van der Waals surface area contributed by atoms with Gasteiger partial charge >= 0.3 is 0 Å². The monoisotopic (exact) mass is 274 g/mol. The van der Waals surface area contributed by atoms with Gasteiger partial charge in [-0.25, -0.2) is 4.39 Å². The summed E-state index contributed by atoms with van der Waals surface area (Å²) in [7, 11) is 1.93. The lowest BCUT2D eigenvalue weighted by Crippen LogP contribution is -2.28. The Morgan fingerprint density at radius 1 is 1.45 bits per heavy atom. The molecule has 0 bridgehead atoms. The summed E-state index contributed by atoms with van der Waals surface area (Å²) in [5.74, 6) is 5.37. The highest BCUT2D eigenvalue weighted by atomic mass is 19.1. The van der Waals surface area contributed by atoms with E-state index >= 15 is 0 Å². The second kappa shape index (κ2) is 8.32. The first kappa shape index (κ1) is 16.2. The summed E-state index contributed by atoms with van der Waals surface area (Å²) in [5.41, 5.74) is 1.55. The van der Waals surface area contributed by atoms with E-state index in [9.17, 15) is 4.39 Å². The van der Waals surface area contributed by atoms with Crippen LogP contribution >= 0.6 is 0 Å². The number of hydrogen-bond acceptors (Lipinski definition) is 3. The molecule has 0 saturated carbocycles. The zero-order chi connectivity index (χ0) is 15.0. The van der Waals surface area contributed by atoms with Crippen molar-refractivity contribution in [1.29, 1.82) is 5.26 Å². The van der Waals surface area contributed by atoms with Crippen LogP contribution in [0.2, 0.25) is 0 Å². The maximum Gasteiger partial charge on any atom is 0.124 e. The molecule has 106 valence electrons. The van der Waals surface area contributed by atoms with Gasteiger partial charge in [0.1, 0.15) is 5.82 Å². The third-order valence-electron chi connectivity index (χ3n) is 3.09. The first-order chi connectivity index (χ1) is 9.58. The fourth-order valence-corrected chi connectivity index (χ4v) is 1.73. The maximum absolute atomic E-state index is 13.3. The molecule has 0 heterocycles. The van der Waals surface area contributed by atoms with E-state index in [0.29, 0.717) is 24.9 Å². The van der Waals surface area contributed by atoms with Gasteiger partial charge in [-0.1, -0.05) is 17.9 Å². The Balaban J connectivity index is 2.89. The molecular weight excluding hydrogens is 255 g/mol. The van der Waals surface area contributed by atoms with Gasteiger partial charge in [0.05, 0.1) is 19.1 Å². The second-order valence-corrected chi connectivity index (χ2v) is 4.70. The second-order valence-electron chi connectivity index (χ2n) is 4.70. The quantitative estimate of drug-likeness (QED) is 0.838. The van der Waals surface area contributed by atoms with Crippen LogP contribution in [-0.2, 0) is 6.54 Å². The van der Waals surface area contributed by atoms with E-state index in [0.717, 1.165) is 5.56 Å². The van der Waals surface area contributed by atoms with E-state index < -0.39 is 0 Å². The van der Waals surface area contributed by atoms with Crippen molar-refractivity contribution in [2.75, 3.05) is 13.7 Å². The molecule has 1 unspecified atom stereocenters. The van der Waals surface area contributed by atoms with Gasteiger partial charge in [0.25, 0.3) is 0 Å². The summed E-state index contributed by atoms with van der Waals surface area (Å²) in [6.45, 7) is 2.58. The number of nitrogens with zero attached hydrogens (tertiary/aromatic N) is 2. The summed E-state index contributed by atoms with van der Waals surface area (Å²) in [6.07, 6.45) is 0.819. The Bertz CT molecular complexity index is 540. The summed E-state index contributed by atoms with van der Waals surface area (Å²) in [5, 5.41) is 17.4. The lowest BCUT2D eigenvalue weighted by molar-refractivity contribution is 0.252. The highest BCUT2D eigenvalue weighted by Crippen LogP contribution is 2.14. The average Bonchev–Trinajstić information content (AvgIpc) is 2.42. The zero-order valence-corrected chi connectivity index (χ0v) is 11.9. The van der Waals surface area contributed by atoms with Crippen LogP contribution in [0.1, 0.15) is 30.9 Å². The minimum absolute atomic E-state index is 0.00322. The summed E-state index contributed by atoms with van der Waals surface area (Å²) >= 11 is 0. The van der Waals surface area contributed by atoms with Crippen LogP contribution in [0.4, 0.5) is 4.39 Å². The van der Waals surface area contributed by atoms with Gasteiger partial charge < -0.3 is 5.11 Å². The topological polar surface area (TPSA) is 47.3 Å². The van der Waals surface area contributed by atoms with Crippen molar-refractivity contribution in [2.45, 2.75) is 32.4 Å². The number of rotatable bonds is 5. The van der Waals surface area contributed by atoms with Crippen LogP contribution in [0.15, 0.2) is 18.2 Å². The summed E-state index contributed by atoms with van der Waals surface area (Å²) < 4.78 is 13.3. The highest BCUT2D eigenvalue weighted by molar-refractivity contribution is 5.41. The molecule has 3 nitrogen and oxygen atoms in total. The van der Waals surface area contributed by atoms with Crippen molar-refractivity contribution < 1.29 is 9.50 Å². The number of nitriles is 1. The van der Waals surface area contributed by atoms with Gasteiger partial charge in [-0.15, -0.1) is 0 Å². The molecule has 0 aliphatic carbocycles. The number of hydrogen-bond donors (Lipinski definition) is 1. The van der Waals surface area contributed by atoms with E-state index in [1.54, 1.807) is 6.07 Å². The molecule has 0 radical (unpaired) electrons. The molecule has 1 aromatic rings. The molecule has 1 atom stereocenters. The molecule has 0 aromatic heterocycles. The van der Waals surface area contributed by atoms with Crippen molar-refractivity contribution in [3.63, 3.8) is 0 Å². The predicted octanol–water partition coefficient (Wildman–Crippen LogP) is 2.29. The van der Waals surface area contributed by atoms with Crippen molar-refractivity contribution in [3.05, 3.63) is 35.1 Å². The van der Waals surface area contributed by atoms with Gasteiger partial charge in [0.2, 0.25) is 0 Å². The molecule has 1 aromatic carbocycles. The molecule has 0 aliphatic heterocycles. The minimum Gasteiger partial charge on any atom is -0.395 e. The van der Waals surface area contributed by atoms with Crippen molar-refractivity contribution in [3.8, 4) is 17.9 Å². The largest absolute Gasteiger partial charge is 0.395 e. The van der Waals surface area contributed by atoms with Gasteiger partial charge in [0.15, 0.2) is 0 Å². The zero-order valence-electron chi connectivity index (χ0n) is 11.9. The van der Waals surface area contributed by atoms with Crippen LogP contribution in [0, 0.1) is 29.0 Å². The highest BCUT2D eigenvalue weighted by Gasteiger charge is 2.11. The van der Waals surface area contributed by atoms with E-state index in [2.05, 4.69) is 17.9 Å². The molecule has 0 amide bonds. The average molecular weight is 274 g/mol. The van der Waals surface area contributed by atoms with Crippen LogP contribution < -0.4 is 0 Å². The molecule has 20 heavy (non-hydrogen) atoms. The Morgan fingerprint density at radius 3 is 2.85 bits per heavy atom. The van der Waals surface area contributed by atoms with Crippen molar-refractivity contribution in [1.82, 2.24) is 4.90 Å². The van der Waals surface area contributed by atoms with Crippen LogP contribution in [-0.4, -0.2) is 29.7 Å². The van der Waals surface area contributed by atoms with E-state index in [1.807, 2.05) is 18.9 Å². The molecular formula is C16H19FN2O.